The van der Waals surface area contributed by atoms with Crippen molar-refractivity contribution in [2.45, 2.75) is 40.5 Å². The number of Topliss-reactive ketones (excluding diaryl/α,β-unsaturated/α-hetero) is 1. The highest BCUT2D eigenvalue weighted by Gasteiger charge is 2.20. The Balaban J connectivity index is 2.55. The molecule has 0 fully saturated rings. The number of carbonyl (C=O) groups is 1. The van der Waals surface area contributed by atoms with Gasteiger partial charge in [-0.2, -0.15) is 0 Å². The van der Waals surface area contributed by atoms with Gasteiger partial charge in [-0.25, -0.2) is 0 Å². The second-order valence-corrected chi connectivity index (χ2v) is 5.86. The lowest BCUT2D eigenvalue weighted by atomic mass is 9.89. The molecule has 0 aliphatic carbocycles. The molecule has 18 heavy (non-hydrogen) atoms. The number of hydrogen-bond donors (Lipinski definition) is 0. The van der Waals surface area contributed by atoms with Crippen LogP contribution in [0, 0.1) is 5.41 Å². The van der Waals surface area contributed by atoms with Crippen LogP contribution in [0.2, 0.25) is 0 Å². The zero-order valence-electron chi connectivity index (χ0n) is 12.3. The Bertz CT molecular complexity index is 387. The van der Waals surface area contributed by atoms with Crippen LogP contribution < -0.4 is 4.90 Å². The highest BCUT2D eigenvalue weighted by molar-refractivity contribution is 5.84. The van der Waals surface area contributed by atoms with E-state index in [2.05, 4.69) is 36.1 Å². The molecule has 0 saturated carbocycles. The largest absolute Gasteiger partial charge is 0.374 e. The van der Waals surface area contributed by atoms with Gasteiger partial charge in [-0.1, -0.05) is 39.8 Å². The van der Waals surface area contributed by atoms with E-state index in [-0.39, 0.29) is 5.41 Å². The minimum atomic E-state index is -0.229. The second kappa shape index (κ2) is 6.03. The summed E-state index contributed by atoms with van der Waals surface area (Å²) in [6.07, 6.45) is 1.67. The molecule has 0 atom stereocenters. The molecule has 100 valence electrons. The molecule has 1 aromatic rings. The summed E-state index contributed by atoms with van der Waals surface area (Å²) in [5, 5.41) is 0. The number of aryl methyl sites for hydroxylation is 1. The molecule has 0 aliphatic rings. The third-order valence-corrected chi connectivity index (χ3v) is 3.30. The number of hydrogen-bond acceptors (Lipinski definition) is 2. The van der Waals surface area contributed by atoms with E-state index in [1.54, 1.807) is 0 Å². The summed E-state index contributed by atoms with van der Waals surface area (Å²) in [5.74, 6) is 0.319. The van der Waals surface area contributed by atoms with Gasteiger partial charge in [0.15, 0.2) is 0 Å². The van der Waals surface area contributed by atoms with E-state index in [0.717, 1.165) is 13.0 Å². The van der Waals surface area contributed by atoms with Gasteiger partial charge in [0.25, 0.3) is 0 Å². The number of anilines is 1. The van der Waals surface area contributed by atoms with Crippen LogP contribution in [0.1, 0.15) is 39.7 Å². The third kappa shape index (κ3) is 4.17. The maximum atomic E-state index is 11.9. The van der Waals surface area contributed by atoms with Crippen molar-refractivity contribution >= 4 is 11.5 Å². The van der Waals surface area contributed by atoms with Crippen molar-refractivity contribution in [2.75, 3.05) is 18.5 Å². The maximum absolute atomic E-state index is 11.9. The van der Waals surface area contributed by atoms with Gasteiger partial charge in [0, 0.05) is 31.1 Å². The summed E-state index contributed by atoms with van der Waals surface area (Å²) in [5.41, 5.74) is 2.29. The SMILES string of the molecule is CCc1ccc(N(C)CCC(=O)C(C)(C)C)cc1. The lowest BCUT2D eigenvalue weighted by Gasteiger charge is -2.22. The van der Waals surface area contributed by atoms with E-state index < -0.39 is 0 Å². The summed E-state index contributed by atoms with van der Waals surface area (Å²) in [6, 6.07) is 8.55. The number of carbonyl (C=O) groups excluding carboxylic acids is 1. The van der Waals surface area contributed by atoms with Crippen molar-refractivity contribution in [2.24, 2.45) is 5.41 Å². The van der Waals surface area contributed by atoms with Crippen molar-refractivity contribution in [1.29, 1.82) is 0 Å². The van der Waals surface area contributed by atoms with Crippen molar-refractivity contribution in [3.05, 3.63) is 29.8 Å². The first-order valence-electron chi connectivity index (χ1n) is 6.68. The minimum Gasteiger partial charge on any atom is -0.374 e. The average Bonchev–Trinajstić information content (AvgIpc) is 2.34. The molecule has 2 nitrogen and oxygen atoms in total. The van der Waals surface area contributed by atoms with Gasteiger partial charge < -0.3 is 4.90 Å². The molecule has 2 heteroatoms. The Hall–Kier alpha value is -1.31. The lowest BCUT2D eigenvalue weighted by Crippen LogP contribution is -2.27. The maximum Gasteiger partial charge on any atom is 0.139 e. The first kappa shape index (κ1) is 14.7. The van der Waals surface area contributed by atoms with E-state index >= 15 is 0 Å². The molecule has 1 rings (SSSR count). The van der Waals surface area contributed by atoms with Gasteiger partial charge in [0.05, 0.1) is 0 Å². The van der Waals surface area contributed by atoms with Crippen LogP contribution in [0.15, 0.2) is 24.3 Å². The fourth-order valence-corrected chi connectivity index (χ4v) is 1.76. The number of nitrogens with zero attached hydrogens (tertiary/aromatic N) is 1. The van der Waals surface area contributed by atoms with Gasteiger partial charge in [0.2, 0.25) is 0 Å². The highest BCUT2D eigenvalue weighted by Crippen LogP contribution is 2.19. The summed E-state index contributed by atoms with van der Waals surface area (Å²) in [6.45, 7) is 8.87. The molecular formula is C16H25NO. The van der Waals surface area contributed by atoms with Crippen LogP contribution in [0.25, 0.3) is 0 Å². The fourth-order valence-electron chi connectivity index (χ4n) is 1.76. The van der Waals surface area contributed by atoms with E-state index in [1.807, 2.05) is 27.8 Å². The van der Waals surface area contributed by atoms with Gasteiger partial charge in [-0.3, -0.25) is 4.79 Å². The molecule has 1 aromatic carbocycles. The second-order valence-electron chi connectivity index (χ2n) is 5.86. The molecule has 0 amide bonds. The van der Waals surface area contributed by atoms with Crippen LogP contribution in [0.4, 0.5) is 5.69 Å². The molecule has 0 spiro atoms. The van der Waals surface area contributed by atoms with E-state index in [1.165, 1.54) is 11.3 Å². The molecule has 0 saturated heterocycles. The first-order valence-corrected chi connectivity index (χ1v) is 6.68. The summed E-state index contributed by atoms with van der Waals surface area (Å²) < 4.78 is 0. The van der Waals surface area contributed by atoms with E-state index in [4.69, 9.17) is 0 Å². The topological polar surface area (TPSA) is 20.3 Å². The number of benzene rings is 1. The Labute approximate surface area is 111 Å². The van der Waals surface area contributed by atoms with E-state index in [9.17, 15) is 4.79 Å². The smallest absolute Gasteiger partial charge is 0.139 e. The predicted molar refractivity (Wildman–Crippen MR) is 78.2 cm³/mol. The van der Waals surface area contributed by atoms with Gasteiger partial charge in [0.1, 0.15) is 5.78 Å². The van der Waals surface area contributed by atoms with Crippen molar-refractivity contribution < 1.29 is 4.79 Å². The van der Waals surface area contributed by atoms with Crippen LogP contribution in [-0.2, 0) is 11.2 Å². The molecule has 0 bridgehead atoms. The molecule has 0 aliphatic heterocycles. The van der Waals surface area contributed by atoms with Gasteiger partial charge in [-0.05, 0) is 24.1 Å². The van der Waals surface area contributed by atoms with Crippen molar-refractivity contribution in [3.8, 4) is 0 Å². The Morgan fingerprint density at radius 2 is 1.72 bits per heavy atom. The Morgan fingerprint density at radius 3 is 2.17 bits per heavy atom. The van der Waals surface area contributed by atoms with Gasteiger partial charge >= 0.3 is 0 Å². The lowest BCUT2D eigenvalue weighted by molar-refractivity contribution is -0.126. The van der Waals surface area contributed by atoms with E-state index in [0.29, 0.717) is 12.2 Å². The minimum absolute atomic E-state index is 0.229. The average molecular weight is 247 g/mol. The number of ketones is 1. The van der Waals surface area contributed by atoms with Crippen molar-refractivity contribution in [3.63, 3.8) is 0 Å². The molecule has 0 heterocycles. The zero-order valence-corrected chi connectivity index (χ0v) is 12.3. The standard InChI is InChI=1S/C16H25NO/c1-6-13-7-9-14(10-8-13)17(5)12-11-15(18)16(2,3)4/h7-10H,6,11-12H2,1-5H3. The van der Waals surface area contributed by atoms with Crippen molar-refractivity contribution in [1.82, 2.24) is 0 Å². The zero-order chi connectivity index (χ0) is 13.8. The molecular weight excluding hydrogens is 222 g/mol. The monoisotopic (exact) mass is 247 g/mol. The Kier molecular flexibility index (Phi) is 4.94. The molecule has 0 unspecified atom stereocenters. The molecule has 0 radical (unpaired) electrons. The predicted octanol–water partition coefficient (Wildman–Crippen LogP) is 3.69. The van der Waals surface area contributed by atoms with Crippen LogP contribution in [0.3, 0.4) is 0 Å². The summed E-state index contributed by atoms with van der Waals surface area (Å²) in [7, 11) is 2.04. The quantitative estimate of drug-likeness (QED) is 0.791. The first-order chi connectivity index (χ1) is 8.34. The van der Waals surface area contributed by atoms with Crippen LogP contribution >= 0.6 is 0 Å². The normalized spacial score (nSPS) is 11.4. The highest BCUT2D eigenvalue weighted by atomic mass is 16.1. The number of rotatable bonds is 5. The van der Waals surface area contributed by atoms with Crippen LogP contribution in [-0.4, -0.2) is 19.4 Å². The van der Waals surface area contributed by atoms with Crippen LogP contribution in [0.5, 0.6) is 0 Å². The third-order valence-electron chi connectivity index (χ3n) is 3.30. The molecule has 0 N–H and O–H groups in total. The fraction of sp³-hybridized carbons (Fsp3) is 0.562. The van der Waals surface area contributed by atoms with Gasteiger partial charge in [-0.15, -0.1) is 0 Å². The summed E-state index contributed by atoms with van der Waals surface area (Å²) >= 11 is 0. The Morgan fingerprint density at radius 1 is 1.17 bits per heavy atom. The summed E-state index contributed by atoms with van der Waals surface area (Å²) in [4.78, 5) is 14.0. The molecule has 0 aromatic heterocycles.